The van der Waals surface area contributed by atoms with Crippen molar-refractivity contribution in [2.45, 2.75) is 31.7 Å². The second-order valence-electron chi connectivity index (χ2n) is 2.43. The van der Waals surface area contributed by atoms with Crippen molar-refractivity contribution in [1.29, 1.82) is 0 Å². The average molecular weight is 308 g/mol. The zero-order valence-corrected chi connectivity index (χ0v) is 7.65. The Labute approximate surface area is 70.6 Å². The van der Waals surface area contributed by atoms with Crippen LogP contribution in [-0.2, 0) is 21.1 Å². The molecule has 56 valence electrons. The first-order chi connectivity index (χ1) is 3.80. The summed E-state index contributed by atoms with van der Waals surface area (Å²) in [7, 11) is 0. The molecule has 0 saturated heterocycles. The van der Waals surface area contributed by atoms with Crippen molar-refractivity contribution in [2.75, 3.05) is 0 Å². The molecular formula is C6H13N2Pt+. The monoisotopic (exact) mass is 308 g/mol. The van der Waals surface area contributed by atoms with Gasteiger partial charge in [-0.3, -0.25) is 0 Å². The molecule has 0 spiro atoms. The van der Waals surface area contributed by atoms with Gasteiger partial charge in [0.15, 0.2) is 0 Å². The molecule has 1 aliphatic carbocycles. The van der Waals surface area contributed by atoms with Crippen molar-refractivity contribution in [1.82, 2.24) is 0 Å². The van der Waals surface area contributed by atoms with Gasteiger partial charge in [-0.25, -0.2) is 6.04 Å². The molecule has 0 aliphatic heterocycles. The Morgan fingerprint density at radius 3 is 2.33 bits per heavy atom. The van der Waals surface area contributed by atoms with Crippen molar-refractivity contribution in [2.24, 2.45) is 11.5 Å². The zero-order valence-electron chi connectivity index (χ0n) is 5.38. The Bertz CT molecular complexity index is 67.5. The molecule has 0 amide bonds. The summed E-state index contributed by atoms with van der Waals surface area (Å²) in [5.74, 6) is 0. The molecule has 4 N–H and O–H groups in total. The summed E-state index contributed by atoms with van der Waals surface area (Å²) in [6.45, 7) is 0. The first kappa shape index (κ1) is 9.61. The molecule has 9 heavy (non-hydrogen) atoms. The van der Waals surface area contributed by atoms with Gasteiger partial charge in [-0.2, -0.15) is 6.42 Å². The summed E-state index contributed by atoms with van der Waals surface area (Å²) in [5.41, 5.74) is 11.2. The van der Waals surface area contributed by atoms with E-state index in [2.05, 4.69) is 0 Å². The maximum Gasteiger partial charge on any atom is 2.00 e. The molecule has 0 aromatic rings. The molecule has 1 unspecified atom stereocenters. The number of hydrogen-bond acceptors (Lipinski definition) is 2. The Hall–Kier alpha value is 0.608. The van der Waals surface area contributed by atoms with Crippen LogP contribution in [0.15, 0.2) is 0 Å². The van der Waals surface area contributed by atoms with Gasteiger partial charge in [-0.15, -0.1) is 6.04 Å². The van der Waals surface area contributed by atoms with E-state index in [-0.39, 0.29) is 27.1 Å². The Morgan fingerprint density at radius 2 is 2.00 bits per heavy atom. The first-order valence-electron chi connectivity index (χ1n) is 3.17. The summed E-state index contributed by atoms with van der Waals surface area (Å²) in [6.07, 6.45) is 4.62. The Balaban J connectivity index is 0.000000640. The van der Waals surface area contributed by atoms with Gasteiger partial charge in [-0.05, 0) is 0 Å². The van der Waals surface area contributed by atoms with E-state index >= 15 is 0 Å². The van der Waals surface area contributed by atoms with Crippen LogP contribution in [0.3, 0.4) is 0 Å². The van der Waals surface area contributed by atoms with Crippen LogP contribution < -0.4 is 11.5 Å². The van der Waals surface area contributed by atoms with Gasteiger partial charge in [0.25, 0.3) is 0 Å². The van der Waals surface area contributed by atoms with Crippen LogP contribution in [0, 0.1) is 6.04 Å². The van der Waals surface area contributed by atoms with E-state index in [0.717, 1.165) is 18.9 Å². The quantitative estimate of drug-likeness (QED) is 0.636. The molecule has 0 aromatic carbocycles. The third-order valence-electron chi connectivity index (χ3n) is 1.71. The van der Waals surface area contributed by atoms with E-state index in [1.54, 1.807) is 0 Å². The van der Waals surface area contributed by atoms with Crippen LogP contribution in [0.2, 0.25) is 0 Å². The number of hydrogen-bond donors (Lipinski definition) is 2. The minimum atomic E-state index is 0. The van der Waals surface area contributed by atoms with E-state index in [0.29, 0.717) is 0 Å². The normalized spacial score (nSPS) is 29.3. The predicted molar refractivity (Wildman–Crippen MR) is 33.9 cm³/mol. The van der Waals surface area contributed by atoms with E-state index in [9.17, 15) is 0 Å². The summed E-state index contributed by atoms with van der Waals surface area (Å²) < 4.78 is 0. The Kier molecular flexibility index (Phi) is 4.73. The molecule has 2 nitrogen and oxygen atoms in total. The fourth-order valence-corrected chi connectivity index (χ4v) is 1.06. The fourth-order valence-electron chi connectivity index (χ4n) is 1.06. The number of rotatable bonds is 0. The maximum atomic E-state index is 5.62. The van der Waals surface area contributed by atoms with Crippen LogP contribution >= 0.6 is 0 Å². The minimum Gasteiger partial charge on any atom is -0.479 e. The zero-order chi connectivity index (χ0) is 5.98. The van der Waals surface area contributed by atoms with E-state index in [4.69, 9.17) is 11.5 Å². The first-order valence-corrected chi connectivity index (χ1v) is 3.17. The van der Waals surface area contributed by atoms with Crippen LogP contribution in [0.1, 0.15) is 25.7 Å². The van der Waals surface area contributed by atoms with Gasteiger partial charge < -0.3 is 11.5 Å². The van der Waals surface area contributed by atoms with Crippen molar-refractivity contribution in [3.63, 3.8) is 0 Å². The third kappa shape index (κ3) is 2.79. The van der Waals surface area contributed by atoms with Gasteiger partial charge in [0.05, 0.1) is 0 Å². The van der Waals surface area contributed by atoms with Gasteiger partial charge in [0.2, 0.25) is 0 Å². The summed E-state index contributed by atoms with van der Waals surface area (Å²) >= 11 is 0. The molecule has 1 fully saturated rings. The molecule has 0 aromatic heterocycles. The van der Waals surface area contributed by atoms with Crippen LogP contribution in [-0.4, -0.2) is 6.04 Å². The van der Waals surface area contributed by atoms with Gasteiger partial charge in [-0.1, -0.05) is 19.3 Å². The molecule has 1 saturated carbocycles. The van der Waals surface area contributed by atoms with Crippen LogP contribution in [0.4, 0.5) is 0 Å². The smallest absolute Gasteiger partial charge is 0.479 e. The summed E-state index contributed by atoms with van der Waals surface area (Å²) in [6, 6.07) is 1.19. The van der Waals surface area contributed by atoms with Gasteiger partial charge in [0, 0.05) is 0 Å². The SMILES string of the molecule is N[C-]1CCCCC1N.[Pt+2]. The summed E-state index contributed by atoms with van der Waals surface area (Å²) in [5, 5.41) is 0. The molecular weight excluding hydrogens is 295 g/mol. The average Bonchev–Trinajstić information content (AvgIpc) is 1.77. The molecule has 1 aliphatic rings. The van der Waals surface area contributed by atoms with E-state index in [1.807, 2.05) is 0 Å². The molecule has 1 atom stereocenters. The predicted octanol–water partition coefficient (Wildman–Crippen LogP) is 0.376. The van der Waals surface area contributed by atoms with E-state index < -0.39 is 0 Å². The molecule has 0 radical (unpaired) electrons. The van der Waals surface area contributed by atoms with Crippen LogP contribution in [0.5, 0.6) is 0 Å². The third-order valence-corrected chi connectivity index (χ3v) is 1.71. The van der Waals surface area contributed by atoms with Crippen molar-refractivity contribution in [3.05, 3.63) is 6.04 Å². The Morgan fingerprint density at radius 1 is 1.33 bits per heavy atom. The van der Waals surface area contributed by atoms with E-state index in [1.165, 1.54) is 12.8 Å². The molecule has 1 rings (SSSR count). The molecule has 3 heteroatoms. The standard InChI is InChI=1S/C6H13N2.Pt/c7-5-3-1-2-4-6(5)8;/h5H,1-4,7-8H2;/q-1;+2. The minimum absolute atomic E-state index is 0. The van der Waals surface area contributed by atoms with Crippen molar-refractivity contribution >= 4 is 0 Å². The summed E-state index contributed by atoms with van der Waals surface area (Å²) in [4.78, 5) is 0. The topological polar surface area (TPSA) is 52.0 Å². The molecule has 0 heterocycles. The maximum absolute atomic E-state index is 5.62. The largest absolute Gasteiger partial charge is 2.00 e. The van der Waals surface area contributed by atoms with Crippen molar-refractivity contribution < 1.29 is 21.1 Å². The molecule has 0 bridgehead atoms. The van der Waals surface area contributed by atoms with Gasteiger partial charge in [0.1, 0.15) is 0 Å². The second-order valence-corrected chi connectivity index (χ2v) is 2.43. The van der Waals surface area contributed by atoms with Gasteiger partial charge >= 0.3 is 21.1 Å². The second kappa shape index (κ2) is 4.43. The fraction of sp³-hybridized carbons (Fsp3) is 0.833. The van der Waals surface area contributed by atoms with Crippen molar-refractivity contribution in [3.8, 4) is 0 Å². The van der Waals surface area contributed by atoms with Crippen LogP contribution in [0.25, 0.3) is 0 Å². The number of nitrogens with two attached hydrogens (primary N) is 2.